The van der Waals surface area contributed by atoms with Crippen molar-refractivity contribution < 1.29 is 4.74 Å². The van der Waals surface area contributed by atoms with Gasteiger partial charge in [0.1, 0.15) is 5.82 Å². The smallest absolute Gasteiger partial charge is 0.224 e. The summed E-state index contributed by atoms with van der Waals surface area (Å²) in [5.41, 5.74) is 0.862. The van der Waals surface area contributed by atoms with Crippen LogP contribution in [0.25, 0.3) is 10.9 Å². The summed E-state index contributed by atoms with van der Waals surface area (Å²) in [6.45, 7) is 5.68. The Kier molecular flexibility index (Phi) is 4.56. The zero-order chi connectivity index (χ0) is 13.8. The number of methoxy groups -OCH3 is 1. The number of likely N-dealkylation sites (N-methyl/N-ethyl adjacent to an activating group) is 1. The third-order valence-electron chi connectivity index (χ3n) is 3.11. The van der Waals surface area contributed by atoms with Crippen LogP contribution in [0.3, 0.4) is 0 Å². The number of hydrogen-bond acceptors (Lipinski definition) is 4. The van der Waals surface area contributed by atoms with Crippen molar-refractivity contribution in [1.82, 2.24) is 9.97 Å². The van der Waals surface area contributed by atoms with Gasteiger partial charge in [-0.1, -0.05) is 12.1 Å². The average molecular weight is 280 g/mol. The van der Waals surface area contributed by atoms with Gasteiger partial charge in [-0.2, -0.15) is 4.98 Å². The zero-order valence-corrected chi connectivity index (χ0v) is 12.2. The van der Waals surface area contributed by atoms with Crippen molar-refractivity contribution in [3.8, 4) is 0 Å². The molecule has 19 heavy (non-hydrogen) atoms. The minimum absolute atomic E-state index is 0.226. The maximum atomic E-state index is 6.03. The number of fused-ring (bicyclic) bond motifs is 1. The molecule has 0 aliphatic heterocycles. The number of halogens is 1. The van der Waals surface area contributed by atoms with Crippen LogP contribution in [0.5, 0.6) is 0 Å². The molecular formula is C14H18ClN3O. The van der Waals surface area contributed by atoms with Crippen molar-refractivity contribution in [3.63, 3.8) is 0 Å². The highest BCUT2D eigenvalue weighted by Gasteiger charge is 2.17. The third kappa shape index (κ3) is 2.96. The second kappa shape index (κ2) is 6.17. The first-order chi connectivity index (χ1) is 9.17. The van der Waals surface area contributed by atoms with Crippen LogP contribution in [-0.2, 0) is 4.74 Å². The Morgan fingerprint density at radius 2 is 2.05 bits per heavy atom. The molecule has 0 spiro atoms. The lowest BCUT2D eigenvalue weighted by Crippen LogP contribution is -2.37. The van der Waals surface area contributed by atoms with Gasteiger partial charge in [0.25, 0.3) is 0 Å². The van der Waals surface area contributed by atoms with E-state index >= 15 is 0 Å². The van der Waals surface area contributed by atoms with Crippen LogP contribution in [0.4, 0.5) is 5.82 Å². The predicted molar refractivity (Wildman–Crippen MR) is 78.9 cm³/mol. The summed E-state index contributed by atoms with van der Waals surface area (Å²) >= 11 is 6.03. The van der Waals surface area contributed by atoms with Crippen molar-refractivity contribution in [2.24, 2.45) is 0 Å². The van der Waals surface area contributed by atoms with Gasteiger partial charge in [-0.25, -0.2) is 4.98 Å². The molecule has 1 aromatic carbocycles. The van der Waals surface area contributed by atoms with Gasteiger partial charge in [0, 0.05) is 19.0 Å². The molecule has 0 saturated heterocycles. The second-order valence-corrected chi connectivity index (χ2v) is 4.76. The Balaban J connectivity index is 2.52. The highest BCUT2D eigenvalue weighted by Crippen LogP contribution is 2.26. The lowest BCUT2D eigenvalue weighted by Gasteiger charge is -2.29. The number of rotatable bonds is 5. The molecule has 1 unspecified atom stereocenters. The molecule has 0 radical (unpaired) electrons. The van der Waals surface area contributed by atoms with E-state index in [4.69, 9.17) is 16.3 Å². The molecule has 0 bridgehead atoms. The van der Waals surface area contributed by atoms with E-state index in [0.717, 1.165) is 23.3 Å². The number of hydrogen-bond donors (Lipinski definition) is 0. The monoisotopic (exact) mass is 279 g/mol. The zero-order valence-electron chi connectivity index (χ0n) is 11.4. The van der Waals surface area contributed by atoms with E-state index in [2.05, 4.69) is 28.7 Å². The molecule has 0 aliphatic carbocycles. The van der Waals surface area contributed by atoms with Crippen molar-refractivity contribution in [2.75, 3.05) is 25.2 Å². The van der Waals surface area contributed by atoms with E-state index in [9.17, 15) is 0 Å². The van der Waals surface area contributed by atoms with Crippen LogP contribution in [0.1, 0.15) is 13.8 Å². The average Bonchev–Trinajstić information content (AvgIpc) is 2.39. The van der Waals surface area contributed by atoms with Crippen LogP contribution in [0.2, 0.25) is 5.28 Å². The molecule has 2 rings (SSSR count). The number of benzene rings is 1. The van der Waals surface area contributed by atoms with E-state index in [0.29, 0.717) is 6.61 Å². The molecule has 1 atom stereocenters. The fourth-order valence-electron chi connectivity index (χ4n) is 2.25. The molecule has 0 aliphatic rings. The molecule has 1 aromatic heterocycles. The van der Waals surface area contributed by atoms with Crippen molar-refractivity contribution in [2.45, 2.75) is 19.9 Å². The van der Waals surface area contributed by atoms with E-state index in [1.807, 2.05) is 24.3 Å². The Morgan fingerprint density at radius 1 is 1.32 bits per heavy atom. The number of aromatic nitrogens is 2. The summed E-state index contributed by atoms with van der Waals surface area (Å²) in [4.78, 5) is 10.8. The standard InChI is InChI=1S/C14H18ClN3O/c1-4-18(10(2)9-19-3)13-11-7-5-6-8-12(11)16-14(15)17-13/h5-8,10H,4,9H2,1-3H3. The first-order valence-corrected chi connectivity index (χ1v) is 6.73. The third-order valence-corrected chi connectivity index (χ3v) is 3.28. The summed E-state index contributed by atoms with van der Waals surface area (Å²) in [5, 5.41) is 1.29. The molecule has 0 N–H and O–H groups in total. The highest BCUT2D eigenvalue weighted by atomic mass is 35.5. The summed E-state index contributed by atoms with van der Waals surface area (Å²) in [5.74, 6) is 0.864. The van der Waals surface area contributed by atoms with Gasteiger partial charge in [0.05, 0.1) is 18.2 Å². The molecule has 1 heterocycles. The molecule has 0 fully saturated rings. The van der Waals surface area contributed by atoms with Gasteiger partial charge >= 0.3 is 0 Å². The normalized spacial score (nSPS) is 12.6. The summed E-state index contributed by atoms with van der Waals surface area (Å²) in [6, 6.07) is 8.12. The summed E-state index contributed by atoms with van der Waals surface area (Å²) < 4.78 is 5.23. The van der Waals surface area contributed by atoms with Crippen LogP contribution >= 0.6 is 11.6 Å². The Hall–Kier alpha value is -1.39. The Morgan fingerprint density at radius 3 is 2.74 bits per heavy atom. The first-order valence-electron chi connectivity index (χ1n) is 6.35. The van der Waals surface area contributed by atoms with Crippen LogP contribution < -0.4 is 4.90 Å². The number of nitrogens with zero attached hydrogens (tertiary/aromatic N) is 3. The second-order valence-electron chi connectivity index (χ2n) is 4.42. The van der Waals surface area contributed by atoms with Gasteiger partial charge in [-0.3, -0.25) is 0 Å². The molecule has 5 heteroatoms. The topological polar surface area (TPSA) is 38.2 Å². The minimum atomic E-state index is 0.226. The maximum Gasteiger partial charge on any atom is 0.224 e. The lowest BCUT2D eigenvalue weighted by atomic mass is 10.2. The van der Waals surface area contributed by atoms with Gasteiger partial charge < -0.3 is 9.64 Å². The quantitative estimate of drug-likeness (QED) is 0.788. The van der Waals surface area contributed by atoms with Crippen molar-refractivity contribution in [1.29, 1.82) is 0 Å². The van der Waals surface area contributed by atoms with Gasteiger partial charge in [0.15, 0.2) is 0 Å². The molecule has 102 valence electrons. The molecule has 4 nitrogen and oxygen atoms in total. The van der Waals surface area contributed by atoms with Gasteiger partial charge in [-0.05, 0) is 37.6 Å². The van der Waals surface area contributed by atoms with Crippen molar-refractivity contribution in [3.05, 3.63) is 29.5 Å². The Bertz CT molecular complexity index is 561. The van der Waals surface area contributed by atoms with E-state index in [-0.39, 0.29) is 11.3 Å². The fraction of sp³-hybridized carbons (Fsp3) is 0.429. The fourth-order valence-corrected chi connectivity index (χ4v) is 2.42. The Labute approximate surface area is 118 Å². The SMILES string of the molecule is CCN(c1nc(Cl)nc2ccccc12)C(C)COC. The largest absolute Gasteiger partial charge is 0.383 e. The van der Waals surface area contributed by atoms with Crippen LogP contribution in [-0.4, -0.2) is 36.3 Å². The molecule has 0 amide bonds. The predicted octanol–water partition coefficient (Wildman–Crippen LogP) is 3.14. The number of ether oxygens (including phenoxy) is 1. The molecule has 0 saturated carbocycles. The summed E-state index contributed by atoms with van der Waals surface area (Å²) in [6.07, 6.45) is 0. The lowest BCUT2D eigenvalue weighted by molar-refractivity contribution is 0.182. The number of anilines is 1. The minimum Gasteiger partial charge on any atom is -0.383 e. The maximum absolute atomic E-state index is 6.03. The molecule has 2 aromatic rings. The first kappa shape index (κ1) is 14.0. The molecular weight excluding hydrogens is 262 g/mol. The van der Waals surface area contributed by atoms with Gasteiger partial charge in [-0.15, -0.1) is 0 Å². The number of para-hydroxylation sites is 1. The van der Waals surface area contributed by atoms with E-state index in [1.54, 1.807) is 7.11 Å². The van der Waals surface area contributed by atoms with Crippen LogP contribution in [0, 0.1) is 0 Å². The highest BCUT2D eigenvalue weighted by molar-refractivity contribution is 6.28. The van der Waals surface area contributed by atoms with E-state index in [1.165, 1.54) is 0 Å². The van der Waals surface area contributed by atoms with E-state index < -0.39 is 0 Å². The van der Waals surface area contributed by atoms with Gasteiger partial charge in [0.2, 0.25) is 5.28 Å². The van der Waals surface area contributed by atoms with Crippen molar-refractivity contribution >= 4 is 28.3 Å². The summed E-state index contributed by atoms with van der Waals surface area (Å²) in [7, 11) is 1.70. The van der Waals surface area contributed by atoms with Crippen LogP contribution in [0.15, 0.2) is 24.3 Å².